The van der Waals surface area contributed by atoms with E-state index in [0.29, 0.717) is 0 Å². The van der Waals surface area contributed by atoms with Gasteiger partial charge < -0.3 is 0 Å². The molecule has 0 fully saturated rings. The fourth-order valence-corrected chi connectivity index (χ4v) is 30.8. The van der Waals surface area contributed by atoms with E-state index in [1.54, 1.807) is 0 Å². The molecule has 8 heteroatoms. The van der Waals surface area contributed by atoms with Crippen LogP contribution >= 0.6 is 17.0 Å². The maximum atomic E-state index is 13.9. The van der Waals surface area contributed by atoms with Crippen molar-refractivity contribution in [2.24, 2.45) is 10.8 Å². The predicted octanol–water partition coefficient (Wildman–Crippen LogP) is 13.6. The van der Waals surface area contributed by atoms with E-state index in [-0.39, 0.29) is 35.5 Å². The van der Waals surface area contributed by atoms with Gasteiger partial charge in [-0.1, -0.05) is 0 Å². The summed E-state index contributed by atoms with van der Waals surface area (Å²) in [6.07, 6.45) is 5.12. The van der Waals surface area contributed by atoms with Gasteiger partial charge in [0.25, 0.3) is 0 Å². The normalized spacial score (nSPS) is 17.1. The summed E-state index contributed by atoms with van der Waals surface area (Å²) < 4.78 is -1.94. The molecule has 2 atom stereocenters. The van der Waals surface area contributed by atoms with Crippen LogP contribution in [0.4, 0.5) is 0 Å². The second-order valence-corrected chi connectivity index (χ2v) is 40.6. The topological polar surface area (TPSA) is 58.2 Å². The van der Waals surface area contributed by atoms with Crippen LogP contribution < -0.4 is 10.5 Å². The molecule has 0 heterocycles. The van der Waals surface area contributed by atoms with E-state index in [1.807, 2.05) is 13.8 Å². The molecule has 4 nitrogen and oxygen atoms in total. The first-order valence-electron chi connectivity index (χ1n) is 21.0. The summed E-state index contributed by atoms with van der Waals surface area (Å²) in [5.41, 5.74) is 17.8. The summed E-state index contributed by atoms with van der Waals surface area (Å²) in [6.45, 7) is 30.1. The Hall–Kier alpha value is -3.17. The number of hydrogen-bond acceptors (Lipinski definition) is 2. The van der Waals surface area contributed by atoms with Crippen molar-refractivity contribution >= 4 is 45.5 Å². The average molecular weight is 896 g/mol. The van der Waals surface area contributed by atoms with Crippen molar-refractivity contribution in [3.8, 4) is 22.3 Å². The third kappa shape index (κ3) is 7.58. The molecule has 0 radical (unpaired) electrons. The zero-order chi connectivity index (χ0) is 42.9. The number of carbonyl (C=O) groups is 2. The molecule has 2 aliphatic carbocycles. The van der Waals surface area contributed by atoms with Crippen LogP contribution in [0.3, 0.4) is 0 Å². The van der Waals surface area contributed by atoms with Crippen molar-refractivity contribution < 1.29 is 25.8 Å². The first-order valence-corrected chi connectivity index (χ1v) is 31.5. The second-order valence-electron chi connectivity index (χ2n) is 19.2. The van der Waals surface area contributed by atoms with Gasteiger partial charge in [-0.2, -0.15) is 0 Å². The van der Waals surface area contributed by atoms with Crippen LogP contribution in [-0.4, -0.2) is 16.3 Å². The Balaban J connectivity index is 1.79. The van der Waals surface area contributed by atoms with Crippen molar-refractivity contribution in [2.75, 3.05) is 0 Å². The van der Waals surface area contributed by atoms with Gasteiger partial charge in [0.2, 0.25) is 0 Å². The Bertz CT molecular complexity index is 2250. The minimum atomic E-state index is -6.18. The molecule has 2 amide bonds. The number of carbonyl (C=O) groups excluding carboxylic acids is 2. The van der Waals surface area contributed by atoms with Crippen LogP contribution in [0.15, 0.2) is 71.8 Å². The van der Waals surface area contributed by atoms with Crippen LogP contribution in [0.1, 0.15) is 131 Å². The summed E-state index contributed by atoms with van der Waals surface area (Å²) >= 11 is -6.18. The van der Waals surface area contributed by atoms with Crippen LogP contribution in [0.2, 0.25) is 0 Å². The zero-order valence-corrected chi connectivity index (χ0v) is 41.1. The van der Waals surface area contributed by atoms with Crippen LogP contribution in [0.25, 0.3) is 34.4 Å². The summed E-state index contributed by atoms with van der Waals surface area (Å²) in [5.74, 6) is -0.414. The molecule has 0 aliphatic heterocycles. The number of hydrogen-bond donors (Lipinski definition) is 2. The van der Waals surface area contributed by atoms with Crippen molar-refractivity contribution in [1.29, 1.82) is 0 Å². The summed E-state index contributed by atoms with van der Waals surface area (Å²) in [7, 11) is 18.1. The van der Waals surface area contributed by atoms with Gasteiger partial charge >= 0.3 is 359 Å². The quantitative estimate of drug-likeness (QED) is 0.164. The first kappa shape index (κ1) is 44.4. The molecule has 2 aliphatic rings. The van der Waals surface area contributed by atoms with Crippen molar-refractivity contribution in [3.63, 3.8) is 0 Å². The number of nitrogens with one attached hydrogen (secondary N) is 2. The monoisotopic (exact) mass is 893 g/mol. The number of aryl methyl sites for hydroxylation is 4. The molecular formula is C50H62BCl2N2O2Zr. The number of fused-ring (bicyclic) bond motifs is 2. The Morgan fingerprint density at radius 3 is 1.29 bits per heavy atom. The fraction of sp³-hybridized carbons (Fsp3) is 0.400. The molecule has 0 spiro atoms. The minimum absolute atomic E-state index is 0.207. The van der Waals surface area contributed by atoms with E-state index < -0.39 is 27.9 Å². The van der Waals surface area contributed by atoms with E-state index in [9.17, 15) is 9.59 Å². The SMILES string of the molecule is CCC(=O)N[B](NC(=O)CC)[Zr]([Cl])([Cl])([CH]1C(C(C)(C)C)=Cc2c(-c3cc(C)cc(C)c3C)cccc21)[CH]1C(C(C)(C)C)=Cc2c(-c3cc(C)cc(C)c3C)cccc21. The van der Waals surface area contributed by atoms with Gasteiger partial charge in [-0.25, -0.2) is 0 Å². The third-order valence-electron chi connectivity index (χ3n) is 13.0. The van der Waals surface area contributed by atoms with Crippen molar-refractivity contribution in [1.82, 2.24) is 10.5 Å². The van der Waals surface area contributed by atoms with E-state index >= 15 is 0 Å². The van der Waals surface area contributed by atoms with E-state index in [0.717, 1.165) is 44.5 Å². The molecule has 2 unspecified atom stereocenters. The number of allylic oxidation sites excluding steroid dienone is 2. The zero-order valence-electron chi connectivity index (χ0n) is 37.1. The van der Waals surface area contributed by atoms with Gasteiger partial charge in [0.05, 0.1) is 0 Å². The van der Waals surface area contributed by atoms with Gasteiger partial charge in [0.1, 0.15) is 0 Å². The molecular weight excluding hydrogens is 834 g/mol. The van der Waals surface area contributed by atoms with Crippen molar-refractivity contribution in [2.45, 2.75) is 117 Å². The Morgan fingerprint density at radius 1 is 0.603 bits per heavy atom. The average Bonchev–Trinajstić information content (AvgIpc) is 3.76. The molecule has 6 rings (SSSR count). The number of amides is 2. The summed E-state index contributed by atoms with van der Waals surface area (Å²) in [4.78, 5) is 27.7. The van der Waals surface area contributed by atoms with Crippen LogP contribution in [-0.2, 0) is 25.8 Å². The molecule has 2 N–H and O–H groups in total. The van der Waals surface area contributed by atoms with Gasteiger partial charge in [0, 0.05) is 0 Å². The molecule has 0 bridgehead atoms. The molecule has 0 saturated carbocycles. The molecule has 4 aromatic rings. The number of benzene rings is 4. The summed E-state index contributed by atoms with van der Waals surface area (Å²) in [6, 6.07) is 22.1. The molecule has 0 saturated heterocycles. The van der Waals surface area contributed by atoms with Crippen LogP contribution in [0.5, 0.6) is 0 Å². The molecule has 58 heavy (non-hydrogen) atoms. The fourth-order valence-electron chi connectivity index (χ4n) is 9.74. The Kier molecular flexibility index (Phi) is 12.0. The maximum absolute atomic E-state index is 13.9. The first-order chi connectivity index (χ1) is 26.9. The van der Waals surface area contributed by atoms with Crippen LogP contribution in [0, 0.1) is 52.4 Å². The Morgan fingerprint density at radius 2 is 0.966 bits per heavy atom. The van der Waals surface area contributed by atoms with E-state index in [4.69, 9.17) is 17.0 Å². The van der Waals surface area contributed by atoms with E-state index in [1.165, 1.54) is 44.5 Å². The standard InChI is InChI=1S/2C22H25.C6H11BN2O2.2ClH.Zr/c2*1-14-10-15(2)16(3)20(11-14)19-9-7-8-17-12-18(13-21(17)19)22(4,5)6;1-3-5(10)8-7-9-6(11)4-2;;;/h2*7-13H,1-6H3;3-4H2,1-2H3,(H-,8,9,10,11);2*1H;/q;;;;;+1/p-1. The predicted molar refractivity (Wildman–Crippen MR) is 247 cm³/mol. The van der Waals surface area contributed by atoms with E-state index in [2.05, 4.69) is 166 Å². The second kappa shape index (κ2) is 15.7. The Labute approximate surface area is 356 Å². The molecule has 0 aromatic heterocycles. The third-order valence-corrected chi connectivity index (χ3v) is 32.6. The number of rotatable bonds is 9. The molecule has 305 valence electrons. The van der Waals surface area contributed by atoms with Crippen molar-refractivity contribution in [3.05, 3.63) is 127 Å². The van der Waals surface area contributed by atoms with Gasteiger partial charge in [-0.05, 0) is 0 Å². The van der Waals surface area contributed by atoms with Gasteiger partial charge in [-0.3, -0.25) is 0 Å². The van der Waals surface area contributed by atoms with Gasteiger partial charge in [-0.15, -0.1) is 0 Å². The summed E-state index contributed by atoms with van der Waals surface area (Å²) in [5, 5.41) is 6.63. The molecule has 4 aromatic carbocycles. The number of halogens is 2. The van der Waals surface area contributed by atoms with Gasteiger partial charge in [0.15, 0.2) is 0 Å².